The van der Waals surface area contributed by atoms with Crippen molar-refractivity contribution in [1.82, 2.24) is 28.8 Å². The Morgan fingerprint density at radius 1 is 1.14 bits per heavy atom. The van der Waals surface area contributed by atoms with Gasteiger partial charge in [0.25, 0.3) is 5.19 Å². The molecule has 2 aromatic heterocycles. The van der Waals surface area contributed by atoms with Gasteiger partial charge in [-0.25, -0.2) is 19.1 Å². The number of nitrogens with zero attached hydrogens (tertiary/aromatic N) is 5. The van der Waals surface area contributed by atoms with Crippen molar-refractivity contribution in [3.05, 3.63) is 91.5 Å². The minimum atomic E-state index is -0.753. The molecule has 2 N–H and O–H groups in total. The molecule has 0 aliphatic carbocycles. The summed E-state index contributed by atoms with van der Waals surface area (Å²) in [5.41, 5.74) is -0.192. The first-order valence-electron chi connectivity index (χ1n) is 10.3. The predicted molar refractivity (Wildman–Crippen MR) is 130 cm³/mol. The van der Waals surface area contributed by atoms with Crippen molar-refractivity contribution >= 4 is 34.7 Å². The third kappa shape index (κ3) is 5.91. The van der Waals surface area contributed by atoms with E-state index in [2.05, 4.69) is 24.7 Å². The fourth-order valence-corrected chi connectivity index (χ4v) is 3.73. The molecule has 0 spiro atoms. The molecule has 4 aromatic rings. The van der Waals surface area contributed by atoms with Crippen LogP contribution in [-0.4, -0.2) is 36.4 Å². The van der Waals surface area contributed by atoms with Crippen molar-refractivity contribution < 1.29 is 9.53 Å². The zero-order valence-corrected chi connectivity index (χ0v) is 20.3. The molecular weight excluding hydrogens is 494 g/mol. The second kappa shape index (κ2) is 10.5. The molecule has 180 valence electrons. The zero-order chi connectivity index (χ0) is 24.9. The SMILES string of the molecule is CNC(=O)Cn1c(=O)[nH]/c(=N\c2ccc(Oc3nc(C)ns3)cc2)n(Cc2ccc(Cl)cc2)c1=O. The summed E-state index contributed by atoms with van der Waals surface area (Å²) in [6, 6.07) is 13.6. The lowest BCUT2D eigenvalue weighted by Crippen LogP contribution is -2.51. The number of hydrogen-bond acceptors (Lipinski definition) is 8. The van der Waals surface area contributed by atoms with Crippen LogP contribution in [-0.2, 0) is 17.9 Å². The van der Waals surface area contributed by atoms with E-state index in [4.69, 9.17) is 16.3 Å². The van der Waals surface area contributed by atoms with Gasteiger partial charge in [0.2, 0.25) is 11.5 Å². The molecule has 0 bridgehead atoms. The number of aromatic nitrogens is 5. The van der Waals surface area contributed by atoms with Crippen LogP contribution in [0.4, 0.5) is 5.69 Å². The van der Waals surface area contributed by atoms with Crippen LogP contribution in [0.2, 0.25) is 5.02 Å². The van der Waals surface area contributed by atoms with Gasteiger partial charge in [0.1, 0.15) is 18.1 Å². The van der Waals surface area contributed by atoms with Gasteiger partial charge < -0.3 is 10.1 Å². The third-order valence-electron chi connectivity index (χ3n) is 4.80. The smallest absolute Gasteiger partial charge is 0.335 e. The summed E-state index contributed by atoms with van der Waals surface area (Å²) in [4.78, 5) is 48.9. The minimum Gasteiger partial charge on any atom is -0.430 e. The van der Waals surface area contributed by atoms with E-state index in [1.807, 2.05) is 0 Å². The Kier molecular flexibility index (Phi) is 7.22. The quantitative estimate of drug-likeness (QED) is 0.387. The normalized spacial score (nSPS) is 11.5. The number of hydrogen-bond donors (Lipinski definition) is 2. The average molecular weight is 514 g/mol. The number of likely N-dealkylation sites (N-methyl/N-ethyl adjacent to an activating group) is 1. The van der Waals surface area contributed by atoms with Crippen molar-refractivity contribution in [1.29, 1.82) is 0 Å². The Balaban J connectivity index is 1.74. The van der Waals surface area contributed by atoms with Gasteiger partial charge in [0.05, 0.1) is 12.2 Å². The first kappa shape index (κ1) is 24.1. The summed E-state index contributed by atoms with van der Waals surface area (Å²) >= 11 is 7.11. The minimum absolute atomic E-state index is 0.0246. The molecule has 11 nitrogen and oxygen atoms in total. The van der Waals surface area contributed by atoms with E-state index in [0.717, 1.165) is 21.7 Å². The Morgan fingerprint density at radius 2 is 1.86 bits per heavy atom. The number of carbonyl (C=O) groups excluding carboxylic acids is 1. The van der Waals surface area contributed by atoms with Crippen LogP contribution in [0.15, 0.2) is 63.1 Å². The highest BCUT2D eigenvalue weighted by Gasteiger charge is 2.13. The molecule has 4 rings (SSSR count). The van der Waals surface area contributed by atoms with Crippen molar-refractivity contribution in [2.24, 2.45) is 4.99 Å². The lowest BCUT2D eigenvalue weighted by Gasteiger charge is -2.11. The van der Waals surface area contributed by atoms with E-state index >= 15 is 0 Å². The number of nitrogens with one attached hydrogen (secondary N) is 2. The van der Waals surface area contributed by atoms with Crippen LogP contribution >= 0.6 is 23.1 Å². The molecule has 13 heteroatoms. The van der Waals surface area contributed by atoms with E-state index in [1.54, 1.807) is 55.5 Å². The second-order valence-electron chi connectivity index (χ2n) is 7.32. The van der Waals surface area contributed by atoms with Crippen LogP contribution in [0, 0.1) is 6.92 Å². The summed E-state index contributed by atoms with van der Waals surface area (Å²) in [7, 11) is 1.42. The predicted octanol–water partition coefficient (Wildman–Crippen LogP) is 1.97. The van der Waals surface area contributed by atoms with Crippen LogP contribution in [0.3, 0.4) is 0 Å². The van der Waals surface area contributed by atoms with E-state index in [1.165, 1.54) is 11.6 Å². The van der Waals surface area contributed by atoms with Crippen LogP contribution in [0.5, 0.6) is 10.9 Å². The van der Waals surface area contributed by atoms with Crippen LogP contribution in [0.1, 0.15) is 11.4 Å². The number of benzene rings is 2. The van der Waals surface area contributed by atoms with Gasteiger partial charge in [-0.05, 0) is 48.9 Å². The molecule has 2 aromatic carbocycles. The van der Waals surface area contributed by atoms with E-state index in [9.17, 15) is 14.4 Å². The monoisotopic (exact) mass is 513 g/mol. The van der Waals surface area contributed by atoms with Crippen molar-refractivity contribution in [3.63, 3.8) is 0 Å². The zero-order valence-electron chi connectivity index (χ0n) is 18.7. The fourth-order valence-electron chi connectivity index (χ4n) is 3.05. The first-order valence-corrected chi connectivity index (χ1v) is 11.5. The maximum atomic E-state index is 13.2. The summed E-state index contributed by atoms with van der Waals surface area (Å²) in [5, 5.41) is 3.37. The molecule has 2 heterocycles. The maximum absolute atomic E-state index is 13.2. The molecule has 0 aliphatic heterocycles. The van der Waals surface area contributed by atoms with Gasteiger partial charge in [-0.15, -0.1) is 0 Å². The lowest BCUT2D eigenvalue weighted by atomic mass is 10.2. The largest absolute Gasteiger partial charge is 0.430 e. The third-order valence-corrected chi connectivity index (χ3v) is 5.74. The topological polar surface area (TPSA) is 136 Å². The van der Waals surface area contributed by atoms with Gasteiger partial charge >= 0.3 is 11.4 Å². The van der Waals surface area contributed by atoms with Crippen molar-refractivity contribution in [2.45, 2.75) is 20.0 Å². The highest BCUT2D eigenvalue weighted by molar-refractivity contribution is 7.07. The number of H-pyrrole nitrogens is 1. The molecule has 0 radical (unpaired) electrons. The molecule has 0 unspecified atom stereocenters. The molecule has 0 saturated carbocycles. The lowest BCUT2D eigenvalue weighted by molar-refractivity contribution is -0.121. The summed E-state index contributed by atoms with van der Waals surface area (Å²) in [6.45, 7) is 1.44. The molecule has 0 atom stereocenters. The van der Waals surface area contributed by atoms with E-state index in [0.29, 0.717) is 27.5 Å². The summed E-state index contributed by atoms with van der Waals surface area (Å²) in [6.07, 6.45) is 0. The molecule has 0 fully saturated rings. The van der Waals surface area contributed by atoms with Gasteiger partial charge in [-0.3, -0.25) is 14.3 Å². The molecule has 1 amide bonds. The summed E-state index contributed by atoms with van der Waals surface area (Å²) in [5.74, 6) is 0.669. The van der Waals surface area contributed by atoms with Crippen LogP contribution in [0.25, 0.3) is 0 Å². The number of aryl methyl sites for hydroxylation is 1. The Morgan fingerprint density at radius 3 is 2.49 bits per heavy atom. The van der Waals surface area contributed by atoms with Gasteiger partial charge in [0, 0.05) is 23.6 Å². The van der Waals surface area contributed by atoms with Crippen molar-refractivity contribution in [2.75, 3.05) is 7.05 Å². The number of amides is 1. The number of rotatable bonds is 7. The number of halogens is 1. The maximum Gasteiger partial charge on any atom is 0.335 e. The van der Waals surface area contributed by atoms with Gasteiger partial charge in [-0.1, -0.05) is 23.7 Å². The Bertz CT molecular complexity index is 1540. The molecule has 0 aliphatic rings. The van der Waals surface area contributed by atoms with E-state index < -0.39 is 23.8 Å². The fraction of sp³-hybridized carbons (Fsp3) is 0.182. The number of ether oxygens (including phenoxy) is 1. The standard InChI is InChI=1S/C22H20ClN7O4S/c1-13-25-21(35-28-13)34-17-9-7-16(8-10-17)26-19-27-20(32)30(12-18(31)24-2)22(33)29(19)11-14-3-5-15(23)6-4-14/h3-10H,11-12H2,1-2H3,(H,24,31)(H,26,27,32). The van der Waals surface area contributed by atoms with Crippen LogP contribution < -0.4 is 27.1 Å². The van der Waals surface area contributed by atoms with Crippen molar-refractivity contribution in [3.8, 4) is 10.9 Å². The first-order chi connectivity index (χ1) is 16.8. The van der Waals surface area contributed by atoms with Gasteiger partial charge in [0.15, 0.2) is 0 Å². The molecular formula is C22H20ClN7O4S. The Labute approximate surface area is 207 Å². The number of aromatic amines is 1. The average Bonchev–Trinajstić information content (AvgIpc) is 3.25. The van der Waals surface area contributed by atoms with E-state index in [-0.39, 0.29) is 12.2 Å². The highest BCUT2D eigenvalue weighted by atomic mass is 35.5. The van der Waals surface area contributed by atoms with Gasteiger partial charge in [-0.2, -0.15) is 9.36 Å². The highest BCUT2D eigenvalue weighted by Crippen LogP contribution is 2.24. The molecule has 0 saturated heterocycles. The molecule has 35 heavy (non-hydrogen) atoms. The Hall–Kier alpha value is -4.03. The number of carbonyl (C=O) groups is 1. The second-order valence-corrected chi connectivity index (χ2v) is 8.47. The summed E-state index contributed by atoms with van der Waals surface area (Å²) < 4.78 is 11.8.